The monoisotopic (exact) mass is 512 g/mol. The van der Waals surface area contributed by atoms with Crippen LogP contribution in [0, 0.1) is 6.92 Å². The number of aromatic amines is 2. The topological polar surface area (TPSA) is 110 Å². The van der Waals surface area contributed by atoms with Gasteiger partial charge in [0.2, 0.25) is 0 Å². The zero-order valence-electron chi connectivity index (χ0n) is 19.7. The van der Waals surface area contributed by atoms with E-state index in [2.05, 4.69) is 15.0 Å². The van der Waals surface area contributed by atoms with Gasteiger partial charge < -0.3 is 9.72 Å². The Hall–Kier alpha value is -4.69. The van der Waals surface area contributed by atoms with Crippen LogP contribution in [0.25, 0.3) is 27.9 Å². The second kappa shape index (κ2) is 10.1. The summed E-state index contributed by atoms with van der Waals surface area (Å²) in [6.45, 7) is 2.34. The number of aromatic nitrogens is 4. The molecule has 8 nitrogen and oxygen atoms in total. The van der Waals surface area contributed by atoms with Gasteiger partial charge in [0.05, 0.1) is 17.4 Å². The molecule has 0 atom stereocenters. The third kappa shape index (κ3) is 5.29. The highest BCUT2D eigenvalue weighted by Gasteiger charge is 2.15. The molecule has 0 aliphatic rings. The Morgan fingerprint density at radius 1 is 0.973 bits per heavy atom. The molecule has 3 aromatic heterocycles. The van der Waals surface area contributed by atoms with Crippen molar-refractivity contribution in [2.24, 2.45) is 0 Å². The lowest BCUT2D eigenvalue weighted by molar-refractivity contribution is 0.306. The first-order chi connectivity index (χ1) is 17.9. The number of benzene rings is 2. The van der Waals surface area contributed by atoms with Crippen LogP contribution in [-0.4, -0.2) is 19.5 Å². The quantitative estimate of drug-likeness (QED) is 0.348. The lowest BCUT2D eigenvalue weighted by Gasteiger charge is -2.13. The molecule has 2 aromatic carbocycles. The van der Waals surface area contributed by atoms with Gasteiger partial charge in [0.15, 0.2) is 0 Å². The average Bonchev–Trinajstić information content (AvgIpc) is 2.88. The first-order valence-electron chi connectivity index (χ1n) is 11.4. The molecule has 0 aliphatic carbocycles. The zero-order chi connectivity index (χ0) is 25.9. The summed E-state index contributed by atoms with van der Waals surface area (Å²) in [5.41, 5.74) is 2.48. The number of rotatable bonds is 6. The highest BCUT2D eigenvalue weighted by Crippen LogP contribution is 2.30. The maximum Gasteiger partial charge on any atom is 0.325 e. The van der Waals surface area contributed by atoms with E-state index in [4.69, 9.17) is 16.3 Å². The molecular formula is C28H21ClN4O4. The van der Waals surface area contributed by atoms with E-state index in [0.717, 1.165) is 11.1 Å². The van der Waals surface area contributed by atoms with E-state index in [1.165, 1.54) is 17.0 Å². The van der Waals surface area contributed by atoms with Crippen molar-refractivity contribution in [2.45, 2.75) is 13.5 Å². The Balaban J connectivity index is 1.64. The fourth-order valence-corrected chi connectivity index (χ4v) is 4.24. The van der Waals surface area contributed by atoms with Crippen molar-refractivity contribution in [2.75, 3.05) is 0 Å². The summed E-state index contributed by atoms with van der Waals surface area (Å²) in [6.07, 6.45) is 5.99. The van der Waals surface area contributed by atoms with Crippen LogP contribution < -0.4 is 21.5 Å². The number of nitrogens with zero attached hydrogens (tertiary/aromatic N) is 2. The number of pyridine rings is 2. The molecule has 0 fully saturated rings. The van der Waals surface area contributed by atoms with Gasteiger partial charge in [-0.3, -0.25) is 24.1 Å². The van der Waals surface area contributed by atoms with Crippen molar-refractivity contribution < 1.29 is 4.74 Å². The molecule has 184 valence electrons. The molecule has 9 heteroatoms. The second-order valence-corrected chi connectivity index (χ2v) is 8.90. The van der Waals surface area contributed by atoms with Crippen LogP contribution in [0.1, 0.15) is 11.1 Å². The molecule has 5 aromatic rings. The number of H-pyrrole nitrogens is 2. The predicted molar refractivity (Wildman–Crippen MR) is 142 cm³/mol. The Bertz CT molecular complexity index is 1770. The van der Waals surface area contributed by atoms with Gasteiger partial charge in [-0.1, -0.05) is 41.4 Å². The van der Waals surface area contributed by atoms with Gasteiger partial charge in [0, 0.05) is 34.7 Å². The molecule has 0 saturated heterocycles. The molecule has 0 unspecified atom stereocenters. The molecule has 0 radical (unpaired) electrons. The van der Waals surface area contributed by atoms with Crippen LogP contribution in [0.4, 0.5) is 0 Å². The van der Waals surface area contributed by atoms with Gasteiger partial charge >= 0.3 is 5.69 Å². The van der Waals surface area contributed by atoms with E-state index in [1.807, 2.05) is 31.2 Å². The smallest absolute Gasteiger partial charge is 0.325 e. The van der Waals surface area contributed by atoms with E-state index in [1.54, 1.807) is 48.8 Å². The number of nitrogens with one attached hydrogen (secondary N) is 2. The maximum atomic E-state index is 13.6. The molecule has 5 rings (SSSR count). The zero-order valence-corrected chi connectivity index (χ0v) is 20.5. The molecular weight excluding hydrogens is 492 g/mol. The summed E-state index contributed by atoms with van der Waals surface area (Å²) in [6, 6.07) is 18.1. The maximum absolute atomic E-state index is 13.6. The number of aryl methyl sites for hydroxylation is 1. The van der Waals surface area contributed by atoms with E-state index in [-0.39, 0.29) is 16.7 Å². The van der Waals surface area contributed by atoms with E-state index < -0.39 is 11.2 Å². The van der Waals surface area contributed by atoms with Crippen molar-refractivity contribution in [1.29, 1.82) is 0 Å². The van der Waals surface area contributed by atoms with Gasteiger partial charge in [-0.2, -0.15) is 0 Å². The van der Waals surface area contributed by atoms with Crippen LogP contribution >= 0.6 is 11.6 Å². The minimum Gasteiger partial charge on any atom is -0.489 e. The van der Waals surface area contributed by atoms with Gasteiger partial charge in [0.1, 0.15) is 12.4 Å². The number of hydrogen-bond acceptors (Lipinski definition) is 5. The SMILES string of the molecule is Cc1cccc(COc2cc(Cl)cc(-c3cc(-c4c[nH]c(=O)[nH]c4=O)cn(-c4cccnc4)c3=O)c2)c1. The Morgan fingerprint density at radius 2 is 1.84 bits per heavy atom. The van der Waals surface area contributed by atoms with E-state index in [9.17, 15) is 14.4 Å². The Kier molecular flexibility index (Phi) is 6.57. The van der Waals surface area contributed by atoms with Gasteiger partial charge in [0.25, 0.3) is 11.1 Å². The molecule has 2 N–H and O–H groups in total. The molecule has 0 amide bonds. The van der Waals surface area contributed by atoms with Crippen LogP contribution in [0.5, 0.6) is 5.75 Å². The van der Waals surface area contributed by atoms with Crippen LogP contribution in [0.2, 0.25) is 5.02 Å². The van der Waals surface area contributed by atoms with Crippen molar-refractivity contribution >= 4 is 11.6 Å². The summed E-state index contributed by atoms with van der Waals surface area (Å²) >= 11 is 6.42. The van der Waals surface area contributed by atoms with E-state index in [0.29, 0.717) is 34.2 Å². The molecule has 0 aliphatic heterocycles. The fourth-order valence-electron chi connectivity index (χ4n) is 4.02. The van der Waals surface area contributed by atoms with Crippen LogP contribution in [0.15, 0.2) is 99.8 Å². The lowest BCUT2D eigenvalue weighted by Crippen LogP contribution is -2.24. The van der Waals surface area contributed by atoms with Crippen molar-refractivity contribution in [3.05, 3.63) is 133 Å². The normalized spacial score (nSPS) is 10.9. The predicted octanol–water partition coefficient (Wildman–Crippen LogP) is 4.48. The lowest BCUT2D eigenvalue weighted by atomic mass is 10.0. The summed E-state index contributed by atoms with van der Waals surface area (Å²) < 4.78 is 7.39. The van der Waals surface area contributed by atoms with Gasteiger partial charge in [-0.05, 0) is 54.4 Å². The highest BCUT2D eigenvalue weighted by molar-refractivity contribution is 6.31. The van der Waals surface area contributed by atoms with Crippen molar-refractivity contribution in [3.63, 3.8) is 0 Å². The minimum absolute atomic E-state index is 0.191. The fraction of sp³-hybridized carbons (Fsp3) is 0.0714. The molecule has 0 saturated carbocycles. The van der Waals surface area contributed by atoms with Crippen LogP contribution in [-0.2, 0) is 6.61 Å². The largest absolute Gasteiger partial charge is 0.489 e. The molecule has 37 heavy (non-hydrogen) atoms. The summed E-state index contributed by atoms with van der Waals surface area (Å²) in [5.74, 6) is 0.489. The number of hydrogen-bond donors (Lipinski definition) is 2. The Morgan fingerprint density at radius 3 is 2.59 bits per heavy atom. The summed E-state index contributed by atoms with van der Waals surface area (Å²) in [7, 11) is 0. The average molecular weight is 513 g/mol. The second-order valence-electron chi connectivity index (χ2n) is 8.47. The molecule has 0 bridgehead atoms. The van der Waals surface area contributed by atoms with Gasteiger partial charge in [-0.25, -0.2) is 4.79 Å². The standard InChI is InChI=1S/C28H21ClN4O4/c1-17-4-2-5-18(8-17)16-37-23-10-19(9-21(29)12-23)24-11-20(25-14-31-28(36)32-26(25)34)15-33(27(24)35)22-6-3-7-30-13-22/h2-15H,16H2,1H3,(H2,31,32,34,36). The third-order valence-electron chi connectivity index (χ3n) is 5.74. The third-order valence-corrected chi connectivity index (χ3v) is 5.96. The minimum atomic E-state index is -0.625. The first kappa shape index (κ1) is 24.0. The van der Waals surface area contributed by atoms with Gasteiger partial charge in [-0.15, -0.1) is 0 Å². The number of halogens is 1. The van der Waals surface area contributed by atoms with Crippen LogP contribution in [0.3, 0.4) is 0 Å². The van der Waals surface area contributed by atoms with Crippen molar-refractivity contribution in [3.8, 4) is 33.7 Å². The van der Waals surface area contributed by atoms with Crippen molar-refractivity contribution in [1.82, 2.24) is 19.5 Å². The molecule has 3 heterocycles. The first-order valence-corrected chi connectivity index (χ1v) is 11.7. The summed E-state index contributed by atoms with van der Waals surface area (Å²) in [5, 5.41) is 0.386. The Labute approximate surface area is 215 Å². The molecule has 0 spiro atoms. The highest BCUT2D eigenvalue weighted by atomic mass is 35.5. The number of ether oxygens (including phenoxy) is 1. The van der Waals surface area contributed by atoms with E-state index >= 15 is 0 Å². The summed E-state index contributed by atoms with van der Waals surface area (Å²) in [4.78, 5) is 46.6.